The number of unbranched alkanes of at least 4 members (excludes halogenated alkanes) is 40. The van der Waals surface area contributed by atoms with Crippen LogP contribution in [0, 0.1) is 11.8 Å². The Labute approximate surface area is 549 Å². The van der Waals surface area contributed by atoms with Crippen molar-refractivity contribution in [3.05, 3.63) is 0 Å². The van der Waals surface area contributed by atoms with Crippen LogP contribution in [0.4, 0.5) is 0 Å². The normalized spacial score (nSPS) is 14.1. The van der Waals surface area contributed by atoms with Crippen LogP contribution in [0.25, 0.3) is 0 Å². The Kier molecular flexibility index (Phi) is 61.8. The van der Waals surface area contributed by atoms with Gasteiger partial charge in [0.05, 0.1) is 26.4 Å². The van der Waals surface area contributed by atoms with Crippen LogP contribution in [0.2, 0.25) is 0 Å². The Morgan fingerprint density at radius 3 is 0.756 bits per heavy atom. The number of ether oxygens (including phenoxy) is 4. The Morgan fingerprint density at radius 1 is 0.300 bits per heavy atom. The van der Waals surface area contributed by atoms with Gasteiger partial charge in [-0.3, -0.25) is 37.3 Å². The Balaban J connectivity index is 5.14. The third kappa shape index (κ3) is 64.8. The molecular weight excluding hydrogens is 1190 g/mol. The second-order valence-electron chi connectivity index (χ2n) is 26.6. The van der Waals surface area contributed by atoms with Crippen molar-refractivity contribution in [2.75, 3.05) is 39.6 Å². The number of hydrogen-bond donors (Lipinski definition) is 3. The van der Waals surface area contributed by atoms with Gasteiger partial charge in [-0.25, -0.2) is 9.13 Å². The van der Waals surface area contributed by atoms with Gasteiger partial charge in [0.15, 0.2) is 12.2 Å². The van der Waals surface area contributed by atoms with Gasteiger partial charge in [0, 0.05) is 25.7 Å². The highest BCUT2D eigenvalue weighted by Crippen LogP contribution is 2.45. The van der Waals surface area contributed by atoms with Crippen molar-refractivity contribution in [3.8, 4) is 0 Å². The van der Waals surface area contributed by atoms with E-state index in [0.717, 1.165) is 102 Å². The number of rotatable bonds is 70. The second kappa shape index (κ2) is 63.1. The predicted molar refractivity (Wildman–Crippen MR) is 363 cm³/mol. The molecule has 0 aliphatic carbocycles. The zero-order valence-electron chi connectivity index (χ0n) is 58.4. The molecule has 0 aliphatic rings. The summed E-state index contributed by atoms with van der Waals surface area (Å²) < 4.78 is 68.2. The predicted octanol–water partition coefficient (Wildman–Crippen LogP) is 20.4. The standard InChI is InChI=1S/C71H138O17P2/c1-7-9-11-13-15-17-18-19-20-21-22-23-24-25-26-27-28-29-37-43-49-55-70(75)87-66(60-82-69(74)54-48-42-36-31-30-33-39-45-51-63(3)4)61-85-89(77,78)83-57-65(72)58-84-90(79,80)86-62-67(59-81-68(73)53-47-41-35-16-14-12-10-8-2)88-71(76)56-50-44-38-32-34-40-46-52-64(5)6/h63-67,72H,7-62H2,1-6H3,(H,77,78)(H,79,80)/t65-,66-,67-/m1/s1. The molecule has 0 fully saturated rings. The largest absolute Gasteiger partial charge is 0.472 e. The molecule has 0 rings (SSSR count). The molecule has 0 amide bonds. The van der Waals surface area contributed by atoms with Crippen molar-refractivity contribution in [2.45, 2.75) is 381 Å². The molecule has 0 aromatic rings. The highest BCUT2D eigenvalue weighted by atomic mass is 31.2. The lowest BCUT2D eigenvalue weighted by atomic mass is 10.0. The lowest BCUT2D eigenvalue weighted by Gasteiger charge is -2.21. The lowest BCUT2D eigenvalue weighted by molar-refractivity contribution is -0.161. The van der Waals surface area contributed by atoms with Crippen LogP contribution in [0.15, 0.2) is 0 Å². The van der Waals surface area contributed by atoms with Gasteiger partial charge >= 0.3 is 39.5 Å². The summed E-state index contributed by atoms with van der Waals surface area (Å²) in [5, 5.41) is 10.6. The topological polar surface area (TPSA) is 237 Å². The van der Waals surface area contributed by atoms with Crippen molar-refractivity contribution in [1.82, 2.24) is 0 Å². The highest BCUT2D eigenvalue weighted by molar-refractivity contribution is 7.47. The summed E-state index contributed by atoms with van der Waals surface area (Å²) in [6.45, 7) is 9.42. The lowest BCUT2D eigenvalue weighted by Crippen LogP contribution is -2.30. The summed E-state index contributed by atoms with van der Waals surface area (Å²) in [6, 6.07) is 0. The van der Waals surface area contributed by atoms with Gasteiger partial charge in [-0.2, -0.15) is 0 Å². The summed E-state index contributed by atoms with van der Waals surface area (Å²) in [5.41, 5.74) is 0. The molecule has 0 heterocycles. The molecule has 534 valence electrons. The summed E-state index contributed by atoms with van der Waals surface area (Å²) >= 11 is 0. The molecule has 3 N–H and O–H groups in total. The Morgan fingerprint density at radius 2 is 0.511 bits per heavy atom. The number of phosphoric ester groups is 2. The first-order chi connectivity index (χ1) is 43.4. The van der Waals surface area contributed by atoms with E-state index >= 15 is 0 Å². The average molecular weight is 1330 g/mol. The highest BCUT2D eigenvalue weighted by Gasteiger charge is 2.30. The van der Waals surface area contributed by atoms with E-state index < -0.39 is 97.5 Å². The van der Waals surface area contributed by atoms with E-state index in [9.17, 15) is 43.2 Å². The number of carbonyl (C=O) groups is 4. The van der Waals surface area contributed by atoms with Gasteiger partial charge in [0.2, 0.25) is 0 Å². The number of aliphatic hydroxyl groups excluding tert-OH is 1. The maximum atomic E-state index is 13.0. The Bertz CT molecular complexity index is 1750. The van der Waals surface area contributed by atoms with Crippen LogP contribution in [0.5, 0.6) is 0 Å². The monoisotopic (exact) mass is 1320 g/mol. The first-order valence-electron chi connectivity index (χ1n) is 37.0. The van der Waals surface area contributed by atoms with Crippen molar-refractivity contribution in [3.63, 3.8) is 0 Å². The number of hydrogen-bond acceptors (Lipinski definition) is 15. The van der Waals surface area contributed by atoms with Gasteiger partial charge in [0.25, 0.3) is 0 Å². The van der Waals surface area contributed by atoms with Crippen molar-refractivity contribution >= 4 is 39.5 Å². The average Bonchev–Trinajstić information content (AvgIpc) is 3.42. The zero-order chi connectivity index (χ0) is 66.5. The quantitative estimate of drug-likeness (QED) is 0.0222. The van der Waals surface area contributed by atoms with Gasteiger partial charge < -0.3 is 33.8 Å². The molecule has 0 bridgehead atoms. The van der Waals surface area contributed by atoms with Gasteiger partial charge in [-0.15, -0.1) is 0 Å². The van der Waals surface area contributed by atoms with Gasteiger partial charge in [-0.05, 0) is 37.5 Å². The van der Waals surface area contributed by atoms with Crippen LogP contribution in [-0.2, 0) is 65.4 Å². The minimum Gasteiger partial charge on any atom is -0.462 e. The fraction of sp³-hybridized carbons (Fsp3) is 0.944. The third-order valence-electron chi connectivity index (χ3n) is 16.5. The van der Waals surface area contributed by atoms with Gasteiger partial charge in [0.1, 0.15) is 19.3 Å². The molecule has 17 nitrogen and oxygen atoms in total. The molecule has 0 radical (unpaired) electrons. The van der Waals surface area contributed by atoms with Crippen molar-refractivity contribution < 1.29 is 80.2 Å². The molecule has 19 heteroatoms. The molecule has 90 heavy (non-hydrogen) atoms. The number of aliphatic hydroxyl groups is 1. The molecule has 2 unspecified atom stereocenters. The molecule has 0 aromatic heterocycles. The SMILES string of the molecule is CCCCCCCCCCCCCCCCCCCCCCCC(=O)O[C@H](COC(=O)CCCCCCCCCCC(C)C)COP(=O)(O)OC[C@@H](O)COP(=O)(O)OC[C@@H](COC(=O)CCCCCCCCCC)OC(=O)CCCCCCCCCC(C)C. The zero-order valence-corrected chi connectivity index (χ0v) is 60.2. The number of esters is 4. The second-order valence-corrected chi connectivity index (χ2v) is 29.5. The maximum absolute atomic E-state index is 13.0. The smallest absolute Gasteiger partial charge is 0.462 e. The van der Waals surface area contributed by atoms with Crippen LogP contribution >= 0.6 is 15.6 Å². The minimum atomic E-state index is -4.95. The van der Waals surface area contributed by atoms with Crippen LogP contribution in [0.1, 0.15) is 363 Å². The van der Waals surface area contributed by atoms with E-state index in [4.69, 9.17) is 37.0 Å². The van der Waals surface area contributed by atoms with E-state index in [1.165, 1.54) is 173 Å². The van der Waals surface area contributed by atoms with E-state index in [2.05, 4.69) is 41.5 Å². The van der Waals surface area contributed by atoms with E-state index in [-0.39, 0.29) is 25.7 Å². The number of phosphoric acid groups is 2. The van der Waals surface area contributed by atoms with Crippen LogP contribution in [-0.4, -0.2) is 96.7 Å². The van der Waals surface area contributed by atoms with Crippen molar-refractivity contribution in [2.24, 2.45) is 11.8 Å². The third-order valence-corrected chi connectivity index (χ3v) is 18.4. The fourth-order valence-corrected chi connectivity index (χ4v) is 12.3. The van der Waals surface area contributed by atoms with Crippen LogP contribution in [0.3, 0.4) is 0 Å². The fourth-order valence-electron chi connectivity index (χ4n) is 10.8. The summed E-state index contributed by atoms with van der Waals surface area (Å²) in [4.78, 5) is 72.4. The summed E-state index contributed by atoms with van der Waals surface area (Å²) in [7, 11) is -9.90. The molecule has 0 spiro atoms. The summed E-state index contributed by atoms with van der Waals surface area (Å²) in [5.74, 6) is -0.708. The first-order valence-corrected chi connectivity index (χ1v) is 40.0. The molecular formula is C71H138O17P2. The van der Waals surface area contributed by atoms with Crippen LogP contribution < -0.4 is 0 Å². The van der Waals surface area contributed by atoms with E-state index in [1.54, 1.807) is 0 Å². The molecule has 5 atom stereocenters. The minimum absolute atomic E-state index is 0.103. The number of carbonyl (C=O) groups excluding carboxylic acids is 4. The van der Waals surface area contributed by atoms with Gasteiger partial charge in [-0.1, -0.05) is 311 Å². The molecule has 0 saturated heterocycles. The van der Waals surface area contributed by atoms with E-state index in [0.29, 0.717) is 31.6 Å². The first kappa shape index (κ1) is 88.1. The maximum Gasteiger partial charge on any atom is 0.472 e. The molecule has 0 aliphatic heterocycles. The van der Waals surface area contributed by atoms with E-state index in [1.807, 2.05) is 0 Å². The summed E-state index contributed by atoms with van der Waals surface area (Å²) in [6.07, 6.45) is 49.0. The Hall–Kier alpha value is -1.94. The molecule has 0 aromatic carbocycles. The molecule has 0 saturated carbocycles. The van der Waals surface area contributed by atoms with Crippen molar-refractivity contribution in [1.29, 1.82) is 0 Å².